The number of rotatable bonds is 7. The molecule has 0 aliphatic heterocycles. The van der Waals surface area contributed by atoms with Gasteiger partial charge in [-0.25, -0.2) is 0 Å². The molecule has 0 saturated heterocycles. The van der Waals surface area contributed by atoms with E-state index in [4.69, 9.17) is 5.73 Å². The minimum Gasteiger partial charge on any atom is -0.366 e. The maximum absolute atomic E-state index is 11.7. The highest BCUT2D eigenvalue weighted by molar-refractivity contribution is 5.93. The van der Waals surface area contributed by atoms with Gasteiger partial charge in [-0.1, -0.05) is 12.1 Å². The molecule has 126 valence electrons. The Morgan fingerprint density at radius 1 is 0.800 bits per heavy atom. The van der Waals surface area contributed by atoms with Crippen LogP contribution in [0.4, 0.5) is 0 Å². The molecule has 6 heteroatoms. The van der Waals surface area contributed by atoms with Crippen molar-refractivity contribution in [1.82, 2.24) is 19.9 Å². The Kier molecular flexibility index (Phi) is 5.43. The molecule has 0 atom stereocenters. The van der Waals surface area contributed by atoms with Gasteiger partial charge in [0.05, 0.1) is 22.6 Å². The van der Waals surface area contributed by atoms with Crippen LogP contribution in [0.25, 0.3) is 0 Å². The van der Waals surface area contributed by atoms with E-state index in [0.717, 1.165) is 11.4 Å². The van der Waals surface area contributed by atoms with Gasteiger partial charge in [0.15, 0.2) is 0 Å². The van der Waals surface area contributed by atoms with Crippen molar-refractivity contribution in [3.63, 3.8) is 0 Å². The zero-order valence-electron chi connectivity index (χ0n) is 13.7. The van der Waals surface area contributed by atoms with E-state index in [1.165, 1.54) is 0 Å². The Morgan fingerprint density at radius 2 is 1.40 bits per heavy atom. The van der Waals surface area contributed by atoms with Crippen LogP contribution < -0.4 is 5.73 Å². The fraction of sp³-hybridized carbons (Fsp3) is 0.158. The number of nitrogens with zero attached hydrogens (tertiary/aromatic N) is 4. The molecule has 0 spiro atoms. The Bertz CT molecular complexity index is 782. The van der Waals surface area contributed by atoms with Crippen LogP contribution in [-0.4, -0.2) is 25.8 Å². The zero-order chi connectivity index (χ0) is 17.5. The van der Waals surface area contributed by atoms with Crippen LogP contribution in [0.15, 0.2) is 67.1 Å². The average molecular weight is 333 g/mol. The molecule has 1 amide bonds. The van der Waals surface area contributed by atoms with Crippen molar-refractivity contribution in [2.24, 2.45) is 5.73 Å². The maximum atomic E-state index is 11.7. The molecule has 0 fully saturated rings. The van der Waals surface area contributed by atoms with Gasteiger partial charge >= 0.3 is 0 Å². The van der Waals surface area contributed by atoms with Gasteiger partial charge in [-0.2, -0.15) is 0 Å². The standard InChI is InChI=1S/C19H19N5O/c20-19(25)17-8-5-11-23-18(17)14-24(12-15-6-1-3-9-21-15)13-16-7-2-4-10-22-16/h1-11H,12-14H2,(H2,20,25). The van der Waals surface area contributed by atoms with Gasteiger partial charge in [-0.15, -0.1) is 0 Å². The Hall–Kier alpha value is -3.12. The normalized spacial score (nSPS) is 10.8. The summed E-state index contributed by atoms with van der Waals surface area (Å²) in [6, 6.07) is 15.0. The summed E-state index contributed by atoms with van der Waals surface area (Å²) in [6.07, 6.45) is 5.20. The molecule has 0 radical (unpaired) electrons. The molecule has 0 unspecified atom stereocenters. The van der Waals surface area contributed by atoms with E-state index in [-0.39, 0.29) is 0 Å². The predicted octanol–water partition coefficient (Wildman–Crippen LogP) is 2.17. The summed E-state index contributed by atoms with van der Waals surface area (Å²) in [5, 5.41) is 0. The van der Waals surface area contributed by atoms with Crippen molar-refractivity contribution < 1.29 is 4.79 Å². The minimum absolute atomic E-state index is 0.439. The fourth-order valence-electron chi connectivity index (χ4n) is 2.61. The van der Waals surface area contributed by atoms with Gasteiger partial charge in [-0.05, 0) is 36.4 Å². The lowest BCUT2D eigenvalue weighted by Gasteiger charge is -2.22. The van der Waals surface area contributed by atoms with E-state index < -0.39 is 5.91 Å². The summed E-state index contributed by atoms with van der Waals surface area (Å²) in [4.78, 5) is 26.9. The number of carbonyl (C=O) groups is 1. The first-order valence-electron chi connectivity index (χ1n) is 7.98. The Morgan fingerprint density at radius 3 is 1.92 bits per heavy atom. The maximum Gasteiger partial charge on any atom is 0.250 e. The van der Waals surface area contributed by atoms with Crippen LogP contribution in [0.1, 0.15) is 27.4 Å². The Balaban J connectivity index is 1.84. The summed E-state index contributed by atoms with van der Waals surface area (Å²) in [5.74, 6) is -0.473. The summed E-state index contributed by atoms with van der Waals surface area (Å²) in [7, 11) is 0. The summed E-state index contributed by atoms with van der Waals surface area (Å²) < 4.78 is 0. The smallest absolute Gasteiger partial charge is 0.250 e. The fourth-order valence-corrected chi connectivity index (χ4v) is 2.61. The highest BCUT2D eigenvalue weighted by Gasteiger charge is 2.15. The molecule has 2 N–H and O–H groups in total. The molecule has 0 saturated carbocycles. The molecular weight excluding hydrogens is 314 g/mol. The van der Waals surface area contributed by atoms with Gasteiger partial charge in [-0.3, -0.25) is 24.6 Å². The first kappa shape index (κ1) is 16.7. The number of nitrogens with two attached hydrogens (primary N) is 1. The molecule has 25 heavy (non-hydrogen) atoms. The van der Waals surface area contributed by atoms with Crippen LogP contribution in [0.5, 0.6) is 0 Å². The second-order valence-corrected chi connectivity index (χ2v) is 5.65. The van der Waals surface area contributed by atoms with Gasteiger partial charge in [0.1, 0.15) is 0 Å². The highest BCUT2D eigenvalue weighted by atomic mass is 16.1. The van der Waals surface area contributed by atoms with Crippen LogP contribution in [-0.2, 0) is 19.6 Å². The van der Waals surface area contributed by atoms with Crippen molar-refractivity contribution >= 4 is 5.91 Å². The molecule has 3 rings (SSSR count). The van der Waals surface area contributed by atoms with E-state index in [9.17, 15) is 4.79 Å². The second kappa shape index (κ2) is 8.12. The third-order valence-electron chi connectivity index (χ3n) is 3.75. The van der Waals surface area contributed by atoms with E-state index in [0.29, 0.717) is 30.9 Å². The van der Waals surface area contributed by atoms with Crippen molar-refractivity contribution in [2.75, 3.05) is 0 Å². The van der Waals surface area contributed by atoms with Gasteiger partial charge < -0.3 is 5.73 Å². The monoisotopic (exact) mass is 333 g/mol. The molecule has 3 heterocycles. The third-order valence-corrected chi connectivity index (χ3v) is 3.75. The third kappa shape index (κ3) is 4.68. The second-order valence-electron chi connectivity index (χ2n) is 5.65. The first-order chi connectivity index (χ1) is 12.2. The van der Waals surface area contributed by atoms with Crippen molar-refractivity contribution in [3.8, 4) is 0 Å². The molecule has 6 nitrogen and oxygen atoms in total. The molecule has 0 aliphatic rings. The van der Waals surface area contributed by atoms with E-state index >= 15 is 0 Å². The van der Waals surface area contributed by atoms with Crippen LogP contribution in [0.2, 0.25) is 0 Å². The SMILES string of the molecule is NC(=O)c1cccnc1CN(Cc1ccccn1)Cc1ccccn1. The lowest BCUT2D eigenvalue weighted by atomic mass is 10.1. The van der Waals surface area contributed by atoms with Crippen LogP contribution >= 0.6 is 0 Å². The Labute approximate surface area is 146 Å². The number of aromatic nitrogens is 3. The van der Waals surface area contributed by atoms with Gasteiger partial charge in [0.2, 0.25) is 0 Å². The average Bonchev–Trinajstić information content (AvgIpc) is 2.63. The lowest BCUT2D eigenvalue weighted by molar-refractivity contribution is 0.0997. The lowest BCUT2D eigenvalue weighted by Crippen LogP contribution is -2.26. The van der Waals surface area contributed by atoms with E-state index in [1.54, 1.807) is 30.7 Å². The highest BCUT2D eigenvalue weighted by Crippen LogP contribution is 2.13. The van der Waals surface area contributed by atoms with Crippen LogP contribution in [0.3, 0.4) is 0 Å². The number of carbonyl (C=O) groups excluding carboxylic acids is 1. The van der Waals surface area contributed by atoms with Crippen LogP contribution in [0, 0.1) is 0 Å². The quantitative estimate of drug-likeness (QED) is 0.716. The molecular formula is C19H19N5O. The van der Waals surface area contributed by atoms with Crippen molar-refractivity contribution in [1.29, 1.82) is 0 Å². The minimum atomic E-state index is -0.473. The molecule has 0 aliphatic carbocycles. The first-order valence-corrected chi connectivity index (χ1v) is 7.98. The zero-order valence-corrected chi connectivity index (χ0v) is 13.7. The number of primary amides is 1. The van der Waals surface area contributed by atoms with E-state index in [2.05, 4.69) is 19.9 Å². The van der Waals surface area contributed by atoms with E-state index in [1.807, 2.05) is 36.4 Å². The number of pyridine rings is 3. The molecule has 0 aromatic carbocycles. The number of hydrogen-bond acceptors (Lipinski definition) is 5. The summed E-state index contributed by atoms with van der Waals surface area (Å²) in [6.45, 7) is 1.71. The topological polar surface area (TPSA) is 85.0 Å². The molecule has 0 bridgehead atoms. The van der Waals surface area contributed by atoms with Crippen molar-refractivity contribution in [3.05, 3.63) is 89.8 Å². The summed E-state index contributed by atoms with van der Waals surface area (Å²) in [5.41, 5.74) is 8.45. The van der Waals surface area contributed by atoms with Gasteiger partial charge in [0.25, 0.3) is 5.91 Å². The predicted molar refractivity (Wildman–Crippen MR) is 94.2 cm³/mol. The van der Waals surface area contributed by atoms with Gasteiger partial charge in [0, 0.05) is 38.2 Å². The number of hydrogen-bond donors (Lipinski definition) is 1. The summed E-state index contributed by atoms with van der Waals surface area (Å²) >= 11 is 0. The molecule has 3 aromatic rings. The van der Waals surface area contributed by atoms with Crippen molar-refractivity contribution in [2.45, 2.75) is 19.6 Å². The number of amides is 1. The largest absolute Gasteiger partial charge is 0.366 e. The molecule has 3 aromatic heterocycles.